The molecule has 3 N–H and O–H groups in total. The van der Waals surface area contributed by atoms with Crippen molar-refractivity contribution in [3.63, 3.8) is 0 Å². The van der Waals surface area contributed by atoms with Gasteiger partial charge in [0.05, 0.1) is 11.3 Å². The van der Waals surface area contributed by atoms with Gasteiger partial charge in [-0.05, 0) is 18.2 Å². The van der Waals surface area contributed by atoms with Crippen molar-refractivity contribution in [2.24, 2.45) is 0 Å². The van der Waals surface area contributed by atoms with Crippen LogP contribution in [-0.4, -0.2) is 23.8 Å². The number of nitrogens with one attached hydrogen (secondary N) is 3. The summed E-state index contributed by atoms with van der Waals surface area (Å²) in [5.41, 5.74) is 0.600. The maximum absolute atomic E-state index is 12.0. The molecule has 0 atom stereocenters. The van der Waals surface area contributed by atoms with E-state index in [4.69, 9.17) is 0 Å². The number of anilines is 1. The normalized spacial score (nSPS) is 9.85. The topological polar surface area (TPSA) is 91.1 Å². The van der Waals surface area contributed by atoms with Gasteiger partial charge in [-0.25, -0.2) is 0 Å². The summed E-state index contributed by atoms with van der Waals surface area (Å²) in [7, 11) is 1.51. The lowest BCUT2D eigenvalue weighted by molar-refractivity contribution is 0.0964. The van der Waals surface area contributed by atoms with E-state index < -0.39 is 5.91 Å². The van der Waals surface area contributed by atoms with Gasteiger partial charge in [-0.15, -0.1) is 0 Å². The zero-order valence-corrected chi connectivity index (χ0v) is 10.8. The minimum Gasteiger partial charge on any atom is -0.355 e. The van der Waals surface area contributed by atoms with Crippen LogP contribution in [0.4, 0.5) is 5.69 Å². The number of hydrogen-bond donors (Lipinski definition) is 3. The van der Waals surface area contributed by atoms with Gasteiger partial charge in [-0.3, -0.25) is 14.4 Å². The summed E-state index contributed by atoms with van der Waals surface area (Å²) in [6, 6.07) is 9.31. The molecule has 2 aromatic rings. The third-order valence-corrected chi connectivity index (χ3v) is 2.68. The quantitative estimate of drug-likeness (QED) is 0.777. The SMILES string of the molecule is CNC(=O)c1ccccc1NC(=O)c1cc[nH]c(=O)c1. The van der Waals surface area contributed by atoms with Crippen molar-refractivity contribution in [2.75, 3.05) is 12.4 Å². The second-order valence-corrected chi connectivity index (χ2v) is 4.02. The van der Waals surface area contributed by atoms with E-state index in [2.05, 4.69) is 15.6 Å². The van der Waals surface area contributed by atoms with Gasteiger partial charge in [-0.2, -0.15) is 0 Å². The second-order valence-electron chi connectivity index (χ2n) is 4.02. The van der Waals surface area contributed by atoms with E-state index in [1.165, 1.54) is 25.4 Å². The molecule has 0 aliphatic rings. The molecule has 6 heteroatoms. The highest BCUT2D eigenvalue weighted by Gasteiger charge is 2.12. The number of benzene rings is 1. The first kappa shape index (κ1) is 13.5. The minimum atomic E-state index is -0.451. The van der Waals surface area contributed by atoms with Crippen molar-refractivity contribution < 1.29 is 9.59 Å². The van der Waals surface area contributed by atoms with Gasteiger partial charge in [0.2, 0.25) is 5.56 Å². The van der Waals surface area contributed by atoms with Gasteiger partial charge >= 0.3 is 0 Å². The van der Waals surface area contributed by atoms with E-state index in [0.717, 1.165) is 0 Å². The Balaban J connectivity index is 2.29. The smallest absolute Gasteiger partial charge is 0.255 e. The van der Waals surface area contributed by atoms with Gasteiger partial charge in [-0.1, -0.05) is 12.1 Å². The van der Waals surface area contributed by atoms with Crippen LogP contribution in [0.2, 0.25) is 0 Å². The molecule has 0 aliphatic heterocycles. The van der Waals surface area contributed by atoms with Gasteiger partial charge < -0.3 is 15.6 Å². The zero-order chi connectivity index (χ0) is 14.5. The van der Waals surface area contributed by atoms with Gasteiger partial charge in [0.15, 0.2) is 0 Å². The highest BCUT2D eigenvalue weighted by molar-refractivity contribution is 6.08. The van der Waals surface area contributed by atoms with Crippen LogP contribution in [0.25, 0.3) is 0 Å². The number of para-hydroxylation sites is 1. The van der Waals surface area contributed by atoms with Crippen molar-refractivity contribution >= 4 is 17.5 Å². The van der Waals surface area contributed by atoms with Crippen molar-refractivity contribution in [1.82, 2.24) is 10.3 Å². The molecule has 0 radical (unpaired) electrons. The Morgan fingerprint density at radius 3 is 2.55 bits per heavy atom. The largest absolute Gasteiger partial charge is 0.355 e. The van der Waals surface area contributed by atoms with Crippen LogP contribution >= 0.6 is 0 Å². The number of carbonyl (C=O) groups excluding carboxylic acids is 2. The average Bonchev–Trinajstić information content (AvgIpc) is 2.47. The van der Waals surface area contributed by atoms with Gasteiger partial charge in [0.25, 0.3) is 11.8 Å². The second kappa shape index (κ2) is 5.83. The first-order valence-corrected chi connectivity index (χ1v) is 5.93. The van der Waals surface area contributed by atoms with Crippen LogP contribution in [0.3, 0.4) is 0 Å². The van der Waals surface area contributed by atoms with E-state index in [1.54, 1.807) is 24.3 Å². The standard InChI is InChI=1S/C14H13N3O3/c1-15-14(20)10-4-2-3-5-11(10)17-13(19)9-6-7-16-12(18)8-9/h2-8H,1H3,(H,15,20)(H,16,18)(H,17,19). The van der Waals surface area contributed by atoms with Crippen molar-refractivity contribution in [3.8, 4) is 0 Å². The summed E-state index contributed by atoms with van der Waals surface area (Å²) in [5, 5.41) is 5.12. The number of pyridine rings is 1. The number of hydrogen-bond acceptors (Lipinski definition) is 3. The highest BCUT2D eigenvalue weighted by atomic mass is 16.2. The number of H-pyrrole nitrogens is 1. The monoisotopic (exact) mass is 271 g/mol. The molecular formula is C14H13N3O3. The van der Waals surface area contributed by atoms with Crippen LogP contribution in [0.15, 0.2) is 47.4 Å². The molecule has 0 fully saturated rings. The molecule has 20 heavy (non-hydrogen) atoms. The summed E-state index contributed by atoms with van der Waals surface area (Å²) < 4.78 is 0. The van der Waals surface area contributed by atoms with Crippen LogP contribution in [-0.2, 0) is 0 Å². The fourth-order valence-corrected chi connectivity index (χ4v) is 1.71. The summed E-state index contributed by atoms with van der Waals surface area (Å²) in [6.45, 7) is 0. The lowest BCUT2D eigenvalue weighted by Crippen LogP contribution is -2.22. The minimum absolute atomic E-state index is 0.223. The molecule has 2 amide bonds. The van der Waals surface area contributed by atoms with E-state index >= 15 is 0 Å². The number of amides is 2. The average molecular weight is 271 g/mol. The first-order valence-electron chi connectivity index (χ1n) is 5.93. The Labute approximate surface area is 114 Å². The molecule has 102 valence electrons. The predicted octanol–water partition coefficient (Wildman–Crippen LogP) is 0.987. The number of aromatic amines is 1. The Morgan fingerprint density at radius 1 is 1.10 bits per heavy atom. The molecule has 0 unspecified atom stereocenters. The Morgan fingerprint density at radius 2 is 1.85 bits per heavy atom. The maximum Gasteiger partial charge on any atom is 0.255 e. The Bertz CT molecular complexity index is 707. The summed E-state index contributed by atoms with van der Waals surface area (Å²) >= 11 is 0. The van der Waals surface area contributed by atoms with Crippen LogP contribution in [0.1, 0.15) is 20.7 Å². The van der Waals surface area contributed by atoms with Crippen molar-refractivity contribution in [3.05, 3.63) is 64.1 Å². The Kier molecular flexibility index (Phi) is 3.95. The molecule has 6 nitrogen and oxygen atoms in total. The van der Waals surface area contributed by atoms with E-state index in [0.29, 0.717) is 11.3 Å². The molecule has 0 saturated carbocycles. The predicted molar refractivity (Wildman–Crippen MR) is 74.8 cm³/mol. The fourth-order valence-electron chi connectivity index (χ4n) is 1.71. The first-order chi connectivity index (χ1) is 9.61. The molecule has 1 aromatic carbocycles. The van der Waals surface area contributed by atoms with E-state index in [-0.39, 0.29) is 17.0 Å². The van der Waals surface area contributed by atoms with Crippen LogP contribution in [0, 0.1) is 0 Å². The van der Waals surface area contributed by atoms with Gasteiger partial charge in [0.1, 0.15) is 0 Å². The van der Waals surface area contributed by atoms with E-state index in [1.807, 2.05) is 0 Å². The molecule has 0 spiro atoms. The highest BCUT2D eigenvalue weighted by Crippen LogP contribution is 2.15. The molecular weight excluding hydrogens is 258 g/mol. The molecule has 1 aromatic heterocycles. The van der Waals surface area contributed by atoms with E-state index in [9.17, 15) is 14.4 Å². The molecule has 1 heterocycles. The lowest BCUT2D eigenvalue weighted by Gasteiger charge is -2.09. The summed E-state index contributed by atoms with van der Waals surface area (Å²) in [6.07, 6.45) is 1.39. The van der Waals surface area contributed by atoms with Crippen LogP contribution in [0.5, 0.6) is 0 Å². The third kappa shape index (κ3) is 2.92. The lowest BCUT2D eigenvalue weighted by atomic mass is 10.1. The molecule has 0 aliphatic carbocycles. The number of aromatic nitrogens is 1. The summed E-state index contributed by atoms with van der Waals surface area (Å²) in [4.78, 5) is 37.3. The van der Waals surface area contributed by atoms with Crippen LogP contribution < -0.4 is 16.2 Å². The maximum atomic E-state index is 12.0. The zero-order valence-electron chi connectivity index (χ0n) is 10.8. The molecule has 0 bridgehead atoms. The fraction of sp³-hybridized carbons (Fsp3) is 0.0714. The van der Waals surface area contributed by atoms with Gasteiger partial charge in [0, 0.05) is 24.9 Å². The molecule has 2 rings (SSSR count). The number of carbonyl (C=O) groups is 2. The Hall–Kier alpha value is -2.89. The van der Waals surface area contributed by atoms with Crippen molar-refractivity contribution in [2.45, 2.75) is 0 Å². The third-order valence-electron chi connectivity index (χ3n) is 2.68. The van der Waals surface area contributed by atoms with Crippen molar-refractivity contribution in [1.29, 1.82) is 0 Å². The molecule has 0 saturated heterocycles. The number of rotatable bonds is 3. The summed E-state index contributed by atoms with van der Waals surface area (Å²) in [5.74, 6) is -0.751.